The van der Waals surface area contributed by atoms with Gasteiger partial charge in [0.25, 0.3) is 5.91 Å². The molecule has 1 amide bonds. The number of hydrogen-bond donors (Lipinski definition) is 0. The summed E-state index contributed by atoms with van der Waals surface area (Å²) >= 11 is 7.50. The lowest BCUT2D eigenvalue weighted by atomic mass is 10.2. The molecule has 1 fully saturated rings. The number of halogens is 1. The fourth-order valence-electron chi connectivity index (χ4n) is 2.71. The number of benzene rings is 1. The van der Waals surface area contributed by atoms with Crippen LogP contribution in [0.3, 0.4) is 0 Å². The molecule has 0 unspecified atom stereocenters. The van der Waals surface area contributed by atoms with E-state index in [0.29, 0.717) is 23.3 Å². The molecule has 0 radical (unpaired) electrons. The Kier molecular flexibility index (Phi) is 5.65. The molecule has 8 heteroatoms. The fourth-order valence-corrected chi connectivity index (χ4v) is 3.22. The third kappa shape index (κ3) is 3.99. The van der Waals surface area contributed by atoms with Crippen molar-refractivity contribution in [1.29, 1.82) is 0 Å². The Morgan fingerprint density at radius 1 is 1.20 bits per heavy atom. The monoisotopic (exact) mass is 378 g/mol. The fraction of sp³-hybridized carbons (Fsp3) is 0.353. The minimum Gasteiger partial charge on any atom is -0.497 e. The van der Waals surface area contributed by atoms with E-state index in [-0.39, 0.29) is 11.6 Å². The summed E-state index contributed by atoms with van der Waals surface area (Å²) in [6, 6.07) is 7.94. The molecule has 0 aliphatic carbocycles. The van der Waals surface area contributed by atoms with Crippen LogP contribution in [0, 0.1) is 0 Å². The molecule has 2 aromatic rings. The average molecular weight is 379 g/mol. The van der Waals surface area contributed by atoms with E-state index in [0.717, 1.165) is 24.5 Å². The van der Waals surface area contributed by atoms with Gasteiger partial charge < -0.3 is 14.5 Å². The number of aromatic nitrogens is 2. The zero-order valence-electron chi connectivity index (χ0n) is 14.1. The Morgan fingerprint density at radius 2 is 1.88 bits per heavy atom. The number of thioether (sulfide) groups is 1. The van der Waals surface area contributed by atoms with Gasteiger partial charge in [0.15, 0.2) is 10.9 Å². The highest BCUT2D eigenvalue weighted by Crippen LogP contribution is 2.22. The van der Waals surface area contributed by atoms with Crippen LogP contribution in [0.2, 0.25) is 5.02 Å². The second-order valence-corrected chi connectivity index (χ2v) is 6.71. The maximum Gasteiger partial charge on any atom is 0.274 e. The minimum absolute atomic E-state index is 0.142. The summed E-state index contributed by atoms with van der Waals surface area (Å²) in [7, 11) is 1.65. The van der Waals surface area contributed by atoms with Crippen LogP contribution in [0.1, 0.15) is 10.5 Å². The summed E-state index contributed by atoms with van der Waals surface area (Å²) in [6.45, 7) is 2.77. The van der Waals surface area contributed by atoms with Crippen LogP contribution in [-0.2, 0) is 0 Å². The molecule has 3 rings (SSSR count). The molecular formula is C17H19ClN4O2S. The van der Waals surface area contributed by atoms with Crippen molar-refractivity contribution < 1.29 is 9.53 Å². The first-order valence-corrected chi connectivity index (χ1v) is 9.47. The number of carbonyl (C=O) groups is 1. The van der Waals surface area contributed by atoms with Gasteiger partial charge in [0.05, 0.1) is 18.3 Å². The van der Waals surface area contributed by atoms with Crippen LogP contribution in [0.4, 0.5) is 5.69 Å². The first-order chi connectivity index (χ1) is 12.1. The summed E-state index contributed by atoms with van der Waals surface area (Å²) in [4.78, 5) is 25.1. The lowest BCUT2D eigenvalue weighted by Gasteiger charge is -2.36. The van der Waals surface area contributed by atoms with Crippen LogP contribution in [0.25, 0.3) is 0 Å². The van der Waals surface area contributed by atoms with Crippen LogP contribution >= 0.6 is 23.4 Å². The summed E-state index contributed by atoms with van der Waals surface area (Å²) in [6.07, 6.45) is 3.35. The molecule has 0 N–H and O–H groups in total. The predicted molar refractivity (Wildman–Crippen MR) is 99.9 cm³/mol. The molecule has 0 atom stereocenters. The number of anilines is 1. The second-order valence-electron chi connectivity index (χ2n) is 5.53. The summed E-state index contributed by atoms with van der Waals surface area (Å²) in [5.41, 5.74) is 1.40. The second kappa shape index (κ2) is 7.93. The molecule has 1 aliphatic rings. The van der Waals surface area contributed by atoms with Crippen LogP contribution in [-0.4, -0.2) is 60.3 Å². The van der Waals surface area contributed by atoms with Gasteiger partial charge in [-0.1, -0.05) is 23.4 Å². The average Bonchev–Trinajstić information content (AvgIpc) is 2.68. The van der Waals surface area contributed by atoms with Crippen molar-refractivity contribution in [3.63, 3.8) is 0 Å². The molecule has 1 aromatic carbocycles. The molecule has 1 aromatic heterocycles. The van der Waals surface area contributed by atoms with Crippen molar-refractivity contribution in [3.8, 4) is 5.75 Å². The van der Waals surface area contributed by atoms with E-state index in [2.05, 4.69) is 14.9 Å². The third-order valence-corrected chi connectivity index (χ3v) is 4.95. The quantitative estimate of drug-likeness (QED) is 0.602. The molecule has 1 aliphatic heterocycles. The van der Waals surface area contributed by atoms with Crippen molar-refractivity contribution in [2.75, 3.05) is 44.4 Å². The number of nitrogens with zero attached hydrogens (tertiary/aromatic N) is 4. The SMILES string of the molecule is COc1ccc(N2CCN(C(=O)c3nc(SC)ncc3Cl)CC2)cc1. The minimum atomic E-state index is -0.142. The highest BCUT2D eigenvalue weighted by Gasteiger charge is 2.25. The van der Waals surface area contributed by atoms with E-state index in [1.165, 1.54) is 18.0 Å². The van der Waals surface area contributed by atoms with Gasteiger partial charge >= 0.3 is 0 Å². The topological polar surface area (TPSA) is 58.6 Å². The summed E-state index contributed by atoms with van der Waals surface area (Å²) in [5.74, 6) is 0.692. The van der Waals surface area contributed by atoms with Crippen molar-refractivity contribution in [3.05, 3.63) is 41.2 Å². The van der Waals surface area contributed by atoms with E-state index >= 15 is 0 Å². The molecule has 132 valence electrons. The third-order valence-electron chi connectivity index (χ3n) is 4.11. The lowest BCUT2D eigenvalue weighted by Crippen LogP contribution is -2.49. The maximum absolute atomic E-state index is 12.7. The summed E-state index contributed by atoms with van der Waals surface area (Å²) < 4.78 is 5.19. The number of piperazine rings is 1. The Labute approximate surface area is 156 Å². The van der Waals surface area contributed by atoms with E-state index in [1.54, 1.807) is 12.0 Å². The zero-order valence-corrected chi connectivity index (χ0v) is 15.7. The molecule has 25 heavy (non-hydrogen) atoms. The van der Waals surface area contributed by atoms with E-state index < -0.39 is 0 Å². The Morgan fingerprint density at radius 3 is 2.48 bits per heavy atom. The standard InChI is InChI=1S/C17H19ClN4O2S/c1-24-13-5-3-12(4-6-13)21-7-9-22(10-8-21)16(23)15-14(18)11-19-17(20-15)25-2/h3-6,11H,7-10H2,1-2H3. The van der Waals surface area contributed by atoms with Gasteiger partial charge in [0.1, 0.15) is 5.75 Å². The van der Waals surface area contributed by atoms with E-state index in [1.807, 2.05) is 30.5 Å². The van der Waals surface area contributed by atoms with Gasteiger partial charge in [0, 0.05) is 31.9 Å². The van der Waals surface area contributed by atoms with Crippen LogP contribution in [0.15, 0.2) is 35.6 Å². The molecule has 0 bridgehead atoms. The van der Waals surface area contributed by atoms with Crippen molar-refractivity contribution >= 4 is 35.0 Å². The molecule has 6 nitrogen and oxygen atoms in total. The smallest absolute Gasteiger partial charge is 0.274 e. The van der Waals surface area contributed by atoms with Gasteiger partial charge in [0.2, 0.25) is 0 Å². The summed E-state index contributed by atoms with van der Waals surface area (Å²) in [5, 5.41) is 0.838. The first-order valence-electron chi connectivity index (χ1n) is 7.87. The number of rotatable bonds is 4. The molecule has 0 spiro atoms. The Bertz CT molecular complexity index is 749. The maximum atomic E-state index is 12.7. The Hall–Kier alpha value is -1.99. The number of hydrogen-bond acceptors (Lipinski definition) is 6. The first kappa shape index (κ1) is 17.8. The van der Waals surface area contributed by atoms with Crippen molar-refractivity contribution in [1.82, 2.24) is 14.9 Å². The van der Waals surface area contributed by atoms with Gasteiger partial charge in [-0.2, -0.15) is 0 Å². The predicted octanol–water partition coefficient (Wildman–Crippen LogP) is 2.82. The van der Waals surface area contributed by atoms with Crippen LogP contribution < -0.4 is 9.64 Å². The lowest BCUT2D eigenvalue weighted by molar-refractivity contribution is 0.0740. The zero-order chi connectivity index (χ0) is 17.8. The molecule has 2 heterocycles. The highest BCUT2D eigenvalue weighted by molar-refractivity contribution is 7.98. The number of amides is 1. The van der Waals surface area contributed by atoms with E-state index in [4.69, 9.17) is 16.3 Å². The van der Waals surface area contributed by atoms with Crippen molar-refractivity contribution in [2.24, 2.45) is 0 Å². The van der Waals surface area contributed by atoms with Gasteiger partial charge in [-0.15, -0.1) is 0 Å². The molecule has 1 saturated heterocycles. The number of carbonyl (C=O) groups excluding carboxylic acids is 1. The van der Waals surface area contributed by atoms with E-state index in [9.17, 15) is 4.79 Å². The number of methoxy groups -OCH3 is 1. The van der Waals surface area contributed by atoms with Crippen LogP contribution in [0.5, 0.6) is 5.75 Å². The van der Waals surface area contributed by atoms with Gasteiger partial charge in [-0.25, -0.2) is 9.97 Å². The molecule has 0 saturated carbocycles. The largest absolute Gasteiger partial charge is 0.497 e. The normalized spacial score (nSPS) is 14.5. The molecular weight excluding hydrogens is 360 g/mol. The highest BCUT2D eigenvalue weighted by atomic mass is 35.5. The van der Waals surface area contributed by atoms with Gasteiger partial charge in [-0.05, 0) is 30.5 Å². The van der Waals surface area contributed by atoms with Crippen molar-refractivity contribution in [2.45, 2.75) is 5.16 Å². The number of ether oxygens (including phenoxy) is 1. The van der Waals surface area contributed by atoms with Gasteiger partial charge in [-0.3, -0.25) is 4.79 Å². The Balaban J connectivity index is 1.66.